The highest BCUT2D eigenvalue weighted by atomic mass is 79.9. The zero-order valence-electron chi connectivity index (χ0n) is 11.1. The number of fused-ring (bicyclic) bond motifs is 1. The van der Waals surface area contributed by atoms with E-state index >= 15 is 0 Å². The van der Waals surface area contributed by atoms with Crippen LogP contribution in [-0.2, 0) is 13.0 Å². The van der Waals surface area contributed by atoms with E-state index in [0.29, 0.717) is 11.7 Å². The van der Waals surface area contributed by atoms with Crippen LogP contribution in [0.15, 0.2) is 38.6 Å². The molecule has 4 nitrogen and oxygen atoms in total. The number of benzene rings is 1. The fraction of sp³-hybridized carbons (Fsp3) is 0.200. The molecule has 0 radical (unpaired) electrons. The fourth-order valence-corrected chi connectivity index (χ4v) is 3.91. The average molecular weight is 362 g/mol. The largest absolute Gasteiger partial charge is 0.334 e. The molecule has 21 heavy (non-hydrogen) atoms. The summed E-state index contributed by atoms with van der Waals surface area (Å²) < 4.78 is 6.55. The summed E-state index contributed by atoms with van der Waals surface area (Å²) in [4.78, 5) is 5.57. The molecular formula is C15H12BrN3OS. The van der Waals surface area contributed by atoms with Crippen molar-refractivity contribution in [3.8, 4) is 22.2 Å². The van der Waals surface area contributed by atoms with Crippen LogP contribution in [0.4, 0.5) is 0 Å². The predicted octanol–water partition coefficient (Wildman–Crippen LogP) is 3.87. The molecule has 2 aromatic heterocycles. The van der Waals surface area contributed by atoms with Crippen LogP contribution in [0.1, 0.15) is 11.1 Å². The van der Waals surface area contributed by atoms with Crippen molar-refractivity contribution in [1.82, 2.24) is 15.5 Å². The predicted molar refractivity (Wildman–Crippen MR) is 86.2 cm³/mol. The highest BCUT2D eigenvalue weighted by Crippen LogP contribution is 2.32. The Morgan fingerprint density at radius 3 is 3.05 bits per heavy atom. The minimum atomic E-state index is 0.605. The monoisotopic (exact) mass is 361 g/mol. The standard InChI is InChI=1S/C15H12BrN3OS/c16-13-5-4-12(21-13)14-18-15(20-19-14)11-3-1-2-9-8-17-7-6-10(9)11/h1-5,17H,6-8H2. The number of hydrogen-bond donors (Lipinski definition) is 1. The van der Waals surface area contributed by atoms with E-state index in [1.54, 1.807) is 11.3 Å². The Morgan fingerprint density at radius 1 is 1.24 bits per heavy atom. The summed E-state index contributed by atoms with van der Waals surface area (Å²) in [7, 11) is 0. The van der Waals surface area contributed by atoms with Crippen molar-refractivity contribution in [3.63, 3.8) is 0 Å². The Kier molecular flexibility index (Phi) is 3.37. The van der Waals surface area contributed by atoms with Gasteiger partial charge in [-0.15, -0.1) is 11.3 Å². The number of halogens is 1. The van der Waals surface area contributed by atoms with Crippen LogP contribution < -0.4 is 5.32 Å². The van der Waals surface area contributed by atoms with E-state index in [0.717, 1.165) is 33.7 Å². The van der Waals surface area contributed by atoms with Crippen molar-refractivity contribution in [2.45, 2.75) is 13.0 Å². The second-order valence-electron chi connectivity index (χ2n) is 4.90. The molecule has 0 spiro atoms. The molecule has 0 fully saturated rings. The Balaban J connectivity index is 1.76. The van der Waals surface area contributed by atoms with Crippen molar-refractivity contribution in [2.24, 2.45) is 0 Å². The first kappa shape index (κ1) is 13.2. The van der Waals surface area contributed by atoms with Gasteiger partial charge in [0.2, 0.25) is 5.82 Å². The van der Waals surface area contributed by atoms with Gasteiger partial charge in [0, 0.05) is 12.1 Å². The SMILES string of the molecule is Brc1ccc(-c2noc(-c3cccc4c3CCNC4)n2)s1. The van der Waals surface area contributed by atoms with E-state index in [-0.39, 0.29) is 0 Å². The molecule has 4 rings (SSSR count). The third-order valence-corrected chi connectivity index (χ3v) is 5.21. The second kappa shape index (κ2) is 5.36. The van der Waals surface area contributed by atoms with Crippen LogP contribution in [-0.4, -0.2) is 16.7 Å². The summed E-state index contributed by atoms with van der Waals surface area (Å²) in [6.07, 6.45) is 0.994. The van der Waals surface area contributed by atoms with E-state index in [1.165, 1.54) is 11.1 Å². The Morgan fingerprint density at radius 2 is 2.19 bits per heavy atom. The molecule has 3 aromatic rings. The van der Waals surface area contributed by atoms with E-state index in [4.69, 9.17) is 4.52 Å². The lowest BCUT2D eigenvalue weighted by atomic mass is 9.95. The quantitative estimate of drug-likeness (QED) is 0.752. The minimum Gasteiger partial charge on any atom is -0.334 e. The van der Waals surface area contributed by atoms with Gasteiger partial charge in [0.1, 0.15) is 0 Å². The molecular weight excluding hydrogens is 350 g/mol. The van der Waals surface area contributed by atoms with E-state index in [9.17, 15) is 0 Å². The zero-order valence-corrected chi connectivity index (χ0v) is 13.5. The number of thiophene rings is 1. The average Bonchev–Trinajstić information content (AvgIpc) is 3.15. The number of aromatic nitrogens is 2. The van der Waals surface area contributed by atoms with Gasteiger partial charge in [-0.1, -0.05) is 17.3 Å². The van der Waals surface area contributed by atoms with E-state index < -0.39 is 0 Å². The lowest BCUT2D eigenvalue weighted by molar-refractivity contribution is 0.431. The highest BCUT2D eigenvalue weighted by molar-refractivity contribution is 9.11. The minimum absolute atomic E-state index is 0.605. The Bertz CT molecular complexity index is 796. The van der Waals surface area contributed by atoms with Crippen molar-refractivity contribution < 1.29 is 4.52 Å². The van der Waals surface area contributed by atoms with Gasteiger partial charge >= 0.3 is 0 Å². The van der Waals surface area contributed by atoms with Gasteiger partial charge in [-0.05, 0) is 58.2 Å². The van der Waals surface area contributed by atoms with Gasteiger partial charge in [0.25, 0.3) is 5.89 Å². The normalized spacial score (nSPS) is 14.1. The molecule has 0 amide bonds. The number of rotatable bonds is 2. The van der Waals surface area contributed by atoms with Gasteiger partial charge in [-0.2, -0.15) is 4.98 Å². The van der Waals surface area contributed by atoms with Gasteiger partial charge in [0.05, 0.1) is 8.66 Å². The van der Waals surface area contributed by atoms with Crippen LogP contribution >= 0.6 is 27.3 Å². The lowest BCUT2D eigenvalue weighted by Crippen LogP contribution is -2.24. The summed E-state index contributed by atoms with van der Waals surface area (Å²) in [5.74, 6) is 1.25. The first-order valence-corrected chi connectivity index (χ1v) is 8.33. The van der Waals surface area contributed by atoms with Crippen LogP contribution in [0.2, 0.25) is 0 Å². The van der Waals surface area contributed by atoms with Gasteiger partial charge < -0.3 is 9.84 Å². The zero-order chi connectivity index (χ0) is 14.2. The summed E-state index contributed by atoms with van der Waals surface area (Å²) in [6.45, 7) is 1.89. The van der Waals surface area contributed by atoms with Crippen LogP contribution in [0.3, 0.4) is 0 Å². The summed E-state index contributed by atoms with van der Waals surface area (Å²) in [5, 5.41) is 7.50. The number of nitrogens with zero attached hydrogens (tertiary/aromatic N) is 2. The number of hydrogen-bond acceptors (Lipinski definition) is 5. The molecule has 3 heterocycles. The molecule has 1 aromatic carbocycles. The highest BCUT2D eigenvalue weighted by Gasteiger charge is 2.18. The Hall–Kier alpha value is -1.50. The molecule has 1 aliphatic rings. The van der Waals surface area contributed by atoms with Crippen LogP contribution in [0.25, 0.3) is 22.2 Å². The van der Waals surface area contributed by atoms with Crippen molar-refractivity contribution in [3.05, 3.63) is 45.2 Å². The molecule has 0 aliphatic carbocycles. The Labute approximate surface area is 134 Å². The number of nitrogens with one attached hydrogen (secondary N) is 1. The topological polar surface area (TPSA) is 51.0 Å². The van der Waals surface area contributed by atoms with Crippen molar-refractivity contribution in [1.29, 1.82) is 0 Å². The van der Waals surface area contributed by atoms with Crippen molar-refractivity contribution >= 4 is 27.3 Å². The molecule has 0 bridgehead atoms. The molecule has 1 N–H and O–H groups in total. The summed E-state index contributed by atoms with van der Waals surface area (Å²) >= 11 is 5.06. The summed E-state index contributed by atoms with van der Waals surface area (Å²) in [5.41, 5.74) is 3.69. The van der Waals surface area contributed by atoms with Crippen molar-refractivity contribution in [2.75, 3.05) is 6.54 Å². The van der Waals surface area contributed by atoms with Crippen LogP contribution in [0, 0.1) is 0 Å². The first-order valence-electron chi connectivity index (χ1n) is 6.72. The maximum absolute atomic E-state index is 5.49. The van der Waals surface area contributed by atoms with Gasteiger partial charge in [0.15, 0.2) is 0 Å². The molecule has 1 aliphatic heterocycles. The first-order chi connectivity index (χ1) is 10.3. The third-order valence-electron chi connectivity index (χ3n) is 3.59. The molecule has 0 saturated heterocycles. The van der Waals surface area contributed by atoms with E-state index in [2.05, 4.69) is 43.5 Å². The third kappa shape index (κ3) is 2.43. The smallest absolute Gasteiger partial charge is 0.258 e. The van der Waals surface area contributed by atoms with Gasteiger partial charge in [-0.25, -0.2) is 0 Å². The van der Waals surface area contributed by atoms with Gasteiger partial charge in [-0.3, -0.25) is 0 Å². The lowest BCUT2D eigenvalue weighted by Gasteiger charge is -2.18. The molecule has 0 unspecified atom stereocenters. The molecule has 0 saturated carbocycles. The van der Waals surface area contributed by atoms with E-state index in [1.807, 2.05) is 18.2 Å². The second-order valence-corrected chi connectivity index (χ2v) is 7.36. The maximum Gasteiger partial charge on any atom is 0.258 e. The molecule has 106 valence electrons. The fourth-order valence-electron chi connectivity index (χ4n) is 2.60. The maximum atomic E-state index is 5.49. The van der Waals surface area contributed by atoms with Crippen LogP contribution in [0.5, 0.6) is 0 Å². The molecule has 6 heteroatoms. The molecule has 0 atom stereocenters. The summed E-state index contributed by atoms with van der Waals surface area (Å²) in [6, 6.07) is 10.2.